The SMILES string of the molecule is O=C(NCC1CCNC1)c1cccnc1. The number of pyridine rings is 1. The van der Waals surface area contributed by atoms with Crippen molar-refractivity contribution in [2.45, 2.75) is 6.42 Å². The van der Waals surface area contributed by atoms with Gasteiger partial charge in [0.25, 0.3) is 5.91 Å². The van der Waals surface area contributed by atoms with Crippen molar-refractivity contribution >= 4 is 5.91 Å². The number of carbonyl (C=O) groups excluding carboxylic acids is 1. The predicted octanol–water partition coefficient (Wildman–Crippen LogP) is 0.421. The summed E-state index contributed by atoms with van der Waals surface area (Å²) in [6, 6.07) is 3.54. The molecule has 0 aliphatic carbocycles. The molecule has 1 amide bonds. The van der Waals surface area contributed by atoms with E-state index in [1.165, 1.54) is 0 Å². The van der Waals surface area contributed by atoms with Crippen LogP contribution in [0.3, 0.4) is 0 Å². The van der Waals surface area contributed by atoms with Crippen molar-refractivity contribution < 1.29 is 4.79 Å². The van der Waals surface area contributed by atoms with Gasteiger partial charge in [0.15, 0.2) is 0 Å². The molecule has 4 nitrogen and oxygen atoms in total. The summed E-state index contributed by atoms with van der Waals surface area (Å²) in [5.41, 5.74) is 0.628. The lowest BCUT2D eigenvalue weighted by Gasteiger charge is -2.09. The monoisotopic (exact) mass is 205 g/mol. The van der Waals surface area contributed by atoms with E-state index in [2.05, 4.69) is 15.6 Å². The van der Waals surface area contributed by atoms with Crippen LogP contribution in [0.15, 0.2) is 24.5 Å². The van der Waals surface area contributed by atoms with Gasteiger partial charge in [0.05, 0.1) is 5.56 Å². The van der Waals surface area contributed by atoms with Crippen molar-refractivity contribution in [3.63, 3.8) is 0 Å². The molecule has 2 heterocycles. The second-order valence-corrected chi connectivity index (χ2v) is 3.81. The summed E-state index contributed by atoms with van der Waals surface area (Å²) >= 11 is 0. The Kier molecular flexibility index (Phi) is 3.29. The van der Waals surface area contributed by atoms with Gasteiger partial charge in [0.1, 0.15) is 0 Å². The molecule has 80 valence electrons. The van der Waals surface area contributed by atoms with E-state index >= 15 is 0 Å². The van der Waals surface area contributed by atoms with Crippen LogP contribution in [0.2, 0.25) is 0 Å². The van der Waals surface area contributed by atoms with Crippen molar-refractivity contribution in [2.24, 2.45) is 5.92 Å². The lowest BCUT2D eigenvalue weighted by atomic mass is 10.1. The quantitative estimate of drug-likeness (QED) is 0.752. The van der Waals surface area contributed by atoms with E-state index in [9.17, 15) is 4.79 Å². The zero-order valence-corrected chi connectivity index (χ0v) is 8.57. The first-order valence-electron chi connectivity index (χ1n) is 5.25. The molecule has 15 heavy (non-hydrogen) atoms. The third-order valence-electron chi connectivity index (χ3n) is 2.64. The van der Waals surface area contributed by atoms with Gasteiger partial charge >= 0.3 is 0 Å². The highest BCUT2D eigenvalue weighted by molar-refractivity contribution is 5.93. The third kappa shape index (κ3) is 2.76. The summed E-state index contributed by atoms with van der Waals surface area (Å²) in [6.45, 7) is 2.82. The lowest BCUT2D eigenvalue weighted by Crippen LogP contribution is -2.30. The first-order valence-corrected chi connectivity index (χ1v) is 5.25. The molecule has 0 bridgehead atoms. The Bertz CT molecular complexity index is 320. The minimum absolute atomic E-state index is 0.0324. The Morgan fingerprint density at radius 2 is 2.60 bits per heavy atom. The Balaban J connectivity index is 1.82. The third-order valence-corrected chi connectivity index (χ3v) is 2.64. The summed E-state index contributed by atoms with van der Waals surface area (Å²) in [5.74, 6) is 0.542. The molecule has 0 radical (unpaired) electrons. The Morgan fingerprint density at radius 1 is 1.67 bits per heavy atom. The van der Waals surface area contributed by atoms with Crippen molar-refractivity contribution in [1.29, 1.82) is 0 Å². The number of hydrogen-bond donors (Lipinski definition) is 2. The van der Waals surface area contributed by atoms with Gasteiger partial charge < -0.3 is 10.6 Å². The van der Waals surface area contributed by atoms with E-state index in [-0.39, 0.29) is 5.91 Å². The average Bonchev–Trinajstić information content (AvgIpc) is 2.80. The van der Waals surface area contributed by atoms with Crippen LogP contribution in [0.25, 0.3) is 0 Å². The van der Waals surface area contributed by atoms with E-state index in [4.69, 9.17) is 0 Å². The summed E-state index contributed by atoms with van der Waals surface area (Å²) in [6.07, 6.45) is 4.40. The molecule has 1 aliphatic heterocycles. The predicted molar refractivity (Wildman–Crippen MR) is 57.5 cm³/mol. The molecule has 0 aromatic carbocycles. The summed E-state index contributed by atoms with van der Waals surface area (Å²) in [4.78, 5) is 15.5. The standard InChI is InChI=1S/C11H15N3O/c15-11(10-2-1-4-12-8-10)14-7-9-3-5-13-6-9/h1-2,4,8-9,13H,3,5-7H2,(H,14,15). The number of hydrogen-bond acceptors (Lipinski definition) is 3. The highest BCUT2D eigenvalue weighted by Crippen LogP contribution is 2.05. The van der Waals surface area contributed by atoms with Crippen molar-refractivity contribution in [1.82, 2.24) is 15.6 Å². The van der Waals surface area contributed by atoms with Gasteiger partial charge in [-0.2, -0.15) is 0 Å². The van der Waals surface area contributed by atoms with Crippen LogP contribution in [0.5, 0.6) is 0 Å². The van der Waals surface area contributed by atoms with Gasteiger partial charge in [-0.05, 0) is 37.6 Å². The van der Waals surface area contributed by atoms with Crippen LogP contribution in [0.4, 0.5) is 0 Å². The molecule has 1 aromatic rings. The second-order valence-electron chi connectivity index (χ2n) is 3.81. The molecule has 1 saturated heterocycles. The maximum Gasteiger partial charge on any atom is 0.252 e. The van der Waals surface area contributed by atoms with Crippen LogP contribution in [-0.2, 0) is 0 Å². The summed E-state index contributed by atoms with van der Waals surface area (Å²) in [7, 11) is 0. The van der Waals surface area contributed by atoms with Crippen molar-refractivity contribution in [2.75, 3.05) is 19.6 Å². The van der Waals surface area contributed by atoms with E-state index in [0.717, 1.165) is 26.1 Å². The number of carbonyl (C=O) groups is 1. The Morgan fingerprint density at radius 3 is 3.27 bits per heavy atom. The maximum atomic E-state index is 11.6. The topological polar surface area (TPSA) is 54.0 Å². The molecule has 0 saturated carbocycles. The van der Waals surface area contributed by atoms with E-state index < -0.39 is 0 Å². The van der Waals surface area contributed by atoms with Crippen LogP contribution in [0.1, 0.15) is 16.8 Å². The van der Waals surface area contributed by atoms with Gasteiger partial charge in [-0.15, -0.1) is 0 Å². The minimum atomic E-state index is -0.0324. The number of rotatable bonds is 3. The molecular weight excluding hydrogens is 190 g/mol. The lowest BCUT2D eigenvalue weighted by molar-refractivity contribution is 0.0948. The molecule has 0 spiro atoms. The number of aromatic nitrogens is 1. The molecule has 2 N–H and O–H groups in total. The molecule has 1 atom stereocenters. The number of nitrogens with one attached hydrogen (secondary N) is 2. The van der Waals surface area contributed by atoms with E-state index in [1.54, 1.807) is 24.5 Å². The summed E-state index contributed by atoms with van der Waals surface area (Å²) < 4.78 is 0. The molecular formula is C11H15N3O. The highest BCUT2D eigenvalue weighted by Gasteiger charge is 2.15. The fraction of sp³-hybridized carbons (Fsp3) is 0.455. The first-order chi connectivity index (χ1) is 7.36. The van der Waals surface area contributed by atoms with Gasteiger partial charge in [-0.3, -0.25) is 9.78 Å². The molecule has 1 fully saturated rings. The second kappa shape index (κ2) is 4.89. The fourth-order valence-corrected chi connectivity index (χ4v) is 1.72. The van der Waals surface area contributed by atoms with Gasteiger partial charge in [0.2, 0.25) is 0 Å². The molecule has 2 rings (SSSR count). The largest absolute Gasteiger partial charge is 0.352 e. The summed E-state index contributed by atoms with van der Waals surface area (Å²) in [5, 5.41) is 6.19. The van der Waals surface area contributed by atoms with Crippen LogP contribution >= 0.6 is 0 Å². The van der Waals surface area contributed by atoms with Gasteiger partial charge in [-0.25, -0.2) is 0 Å². The molecule has 1 aromatic heterocycles. The van der Waals surface area contributed by atoms with E-state index in [0.29, 0.717) is 11.5 Å². The zero-order chi connectivity index (χ0) is 10.5. The fourth-order valence-electron chi connectivity index (χ4n) is 1.72. The maximum absolute atomic E-state index is 11.6. The minimum Gasteiger partial charge on any atom is -0.352 e. The Hall–Kier alpha value is -1.42. The van der Waals surface area contributed by atoms with Gasteiger partial charge in [0, 0.05) is 18.9 Å². The van der Waals surface area contributed by atoms with Crippen LogP contribution in [-0.4, -0.2) is 30.5 Å². The van der Waals surface area contributed by atoms with E-state index in [1.807, 2.05) is 0 Å². The van der Waals surface area contributed by atoms with Crippen molar-refractivity contribution in [3.8, 4) is 0 Å². The smallest absolute Gasteiger partial charge is 0.252 e. The van der Waals surface area contributed by atoms with Gasteiger partial charge in [-0.1, -0.05) is 0 Å². The molecule has 1 unspecified atom stereocenters. The highest BCUT2D eigenvalue weighted by atomic mass is 16.1. The first kappa shape index (κ1) is 10.1. The molecule has 1 aliphatic rings. The van der Waals surface area contributed by atoms with Crippen LogP contribution < -0.4 is 10.6 Å². The zero-order valence-electron chi connectivity index (χ0n) is 8.57. The number of nitrogens with zero attached hydrogens (tertiary/aromatic N) is 1. The van der Waals surface area contributed by atoms with Crippen LogP contribution in [0, 0.1) is 5.92 Å². The normalized spacial score (nSPS) is 20.1. The van der Waals surface area contributed by atoms with Crippen molar-refractivity contribution in [3.05, 3.63) is 30.1 Å². The Labute approximate surface area is 89.1 Å². The number of amides is 1. The molecule has 4 heteroatoms. The average molecular weight is 205 g/mol.